The fourth-order valence-corrected chi connectivity index (χ4v) is 4.16. The van der Waals surface area contributed by atoms with Gasteiger partial charge in [-0.1, -0.05) is 12.1 Å². The van der Waals surface area contributed by atoms with Crippen LogP contribution in [0.15, 0.2) is 29.2 Å². The highest BCUT2D eigenvalue weighted by atomic mass is 35.5. The lowest BCUT2D eigenvalue weighted by atomic mass is 9.80. The lowest BCUT2D eigenvalue weighted by molar-refractivity contribution is 0.0577. The number of benzene rings is 1. The van der Waals surface area contributed by atoms with E-state index in [9.17, 15) is 8.42 Å². The van der Waals surface area contributed by atoms with Crippen molar-refractivity contribution in [3.8, 4) is 0 Å². The molecule has 2 N–H and O–H groups in total. The van der Waals surface area contributed by atoms with E-state index in [4.69, 9.17) is 9.47 Å². The zero-order chi connectivity index (χ0) is 16.8. The minimum Gasteiger partial charge on any atom is -0.384 e. The van der Waals surface area contributed by atoms with Gasteiger partial charge < -0.3 is 14.8 Å². The average Bonchev–Trinajstić information content (AvgIpc) is 2.55. The summed E-state index contributed by atoms with van der Waals surface area (Å²) in [5.74, 6) is 0. The number of ether oxygens (including phenoxy) is 2. The number of rotatable bonds is 8. The van der Waals surface area contributed by atoms with Crippen LogP contribution < -0.4 is 10.0 Å². The smallest absolute Gasteiger partial charge is 0.240 e. The number of sulfonamides is 1. The number of halogens is 1. The fourth-order valence-electron chi connectivity index (χ4n) is 2.94. The van der Waals surface area contributed by atoms with Gasteiger partial charge in [0.2, 0.25) is 10.0 Å². The zero-order valence-electron chi connectivity index (χ0n) is 14.2. The summed E-state index contributed by atoms with van der Waals surface area (Å²) in [5.41, 5.74) is 0.695. The van der Waals surface area contributed by atoms with Crippen molar-refractivity contribution < 1.29 is 17.9 Å². The van der Waals surface area contributed by atoms with Gasteiger partial charge in [0, 0.05) is 26.2 Å². The molecule has 0 bridgehead atoms. The molecule has 0 saturated carbocycles. The number of hydrogen-bond acceptors (Lipinski definition) is 5. The van der Waals surface area contributed by atoms with Crippen LogP contribution in [-0.2, 0) is 26.1 Å². The summed E-state index contributed by atoms with van der Waals surface area (Å²) in [6, 6.07) is 6.84. The molecule has 6 nitrogen and oxygen atoms in total. The second kappa shape index (κ2) is 9.70. The lowest BCUT2D eigenvalue weighted by Crippen LogP contribution is -2.47. The normalized spacial score (nSPS) is 17.2. The highest BCUT2D eigenvalue weighted by Crippen LogP contribution is 2.29. The van der Waals surface area contributed by atoms with Crippen LogP contribution in [0.4, 0.5) is 0 Å². The van der Waals surface area contributed by atoms with Crippen molar-refractivity contribution in [1.29, 1.82) is 0 Å². The first-order valence-corrected chi connectivity index (χ1v) is 9.27. The largest absolute Gasteiger partial charge is 0.384 e. The van der Waals surface area contributed by atoms with Crippen molar-refractivity contribution in [2.24, 2.45) is 5.41 Å². The van der Waals surface area contributed by atoms with E-state index >= 15 is 0 Å². The van der Waals surface area contributed by atoms with Crippen LogP contribution in [0.1, 0.15) is 18.4 Å². The van der Waals surface area contributed by atoms with E-state index in [-0.39, 0.29) is 22.7 Å². The first-order chi connectivity index (χ1) is 11.0. The van der Waals surface area contributed by atoms with Crippen molar-refractivity contribution in [2.75, 3.05) is 40.5 Å². The van der Waals surface area contributed by atoms with Crippen LogP contribution in [0, 0.1) is 5.41 Å². The van der Waals surface area contributed by atoms with E-state index in [0.29, 0.717) is 19.8 Å². The van der Waals surface area contributed by atoms with Crippen molar-refractivity contribution >= 4 is 22.4 Å². The molecule has 1 aliphatic rings. The Hall–Kier alpha value is -0.700. The molecule has 0 unspecified atom stereocenters. The highest BCUT2D eigenvalue weighted by molar-refractivity contribution is 7.89. The van der Waals surface area contributed by atoms with Gasteiger partial charge in [0.15, 0.2) is 0 Å². The SMILES string of the molecule is COCc1cccc(S(=O)(=O)NCC2(COC)CCNCC2)c1.Cl. The molecule has 1 saturated heterocycles. The molecule has 1 aromatic rings. The van der Waals surface area contributed by atoms with Crippen molar-refractivity contribution in [2.45, 2.75) is 24.3 Å². The Kier molecular flexibility index (Phi) is 8.62. The van der Waals surface area contributed by atoms with Crippen LogP contribution >= 0.6 is 12.4 Å². The number of hydrogen-bond donors (Lipinski definition) is 2. The summed E-state index contributed by atoms with van der Waals surface area (Å²) >= 11 is 0. The third-order valence-corrected chi connectivity index (χ3v) is 5.67. The molecule has 0 spiro atoms. The van der Waals surface area contributed by atoms with E-state index in [1.807, 2.05) is 6.07 Å². The van der Waals surface area contributed by atoms with Crippen LogP contribution in [0.5, 0.6) is 0 Å². The van der Waals surface area contributed by atoms with Crippen LogP contribution in [-0.4, -0.2) is 48.9 Å². The molecule has 1 fully saturated rings. The molecular weight excluding hydrogens is 352 g/mol. The van der Waals surface area contributed by atoms with Crippen LogP contribution in [0.25, 0.3) is 0 Å². The molecule has 0 aliphatic carbocycles. The van der Waals surface area contributed by atoms with Gasteiger partial charge in [-0.3, -0.25) is 0 Å². The molecule has 1 aromatic carbocycles. The van der Waals surface area contributed by atoms with E-state index in [0.717, 1.165) is 31.5 Å². The van der Waals surface area contributed by atoms with Gasteiger partial charge in [-0.05, 0) is 43.6 Å². The zero-order valence-corrected chi connectivity index (χ0v) is 15.8. The minimum atomic E-state index is -3.54. The van der Waals surface area contributed by atoms with Crippen LogP contribution in [0.3, 0.4) is 0 Å². The Labute approximate surface area is 150 Å². The summed E-state index contributed by atoms with van der Waals surface area (Å²) in [7, 11) is -0.291. The Bertz CT molecular complexity index is 598. The number of methoxy groups -OCH3 is 2. The van der Waals surface area contributed by atoms with Gasteiger partial charge in [-0.15, -0.1) is 12.4 Å². The van der Waals surface area contributed by atoms with Gasteiger partial charge in [0.25, 0.3) is 0 Å². The van der Waals surface area contributed by atoms with Gasteiger partial charge in [0.05, 0.1) is 18.1 Å². The van der Waals surface area contributed by atoms with Crippen molar-refractivity contribution in [1.82, 2.24) is 10.0 Å². The van der Waals surface area contributed by atoms with Crippen LogP contribution in [0.2, 0.25) is 0 Å². The molecule has 1 aliphatic heterocycles. The molecule has 138 valence electrons. The quantitative estimate of drug-likeness (QED) is 0.717. The second-order valence-electron chi connectivity index (χ2n) is 6.09. The maximum Gasteiger partial charge on any atom is 0.240 e. The molecule has 2 rings (SSSR count). The van der Waals surface area contributed by atoms with Gasteiger partial charge in [-0.2, -0.15) is 0 Å². The number of nitrogens with one attached hydrogen (secondary N) is 2. The third kappa shape index (κ3) is 5.68. The molecule has 24 heavy (non-hydrogen) atoms. The molecule has 8 heteroatoms. The van der Waals surface area contributed by atoms with Gasteiger partial charge in [-0.25, -0.2) is 13.1 Å². The Morgan fingerprint density at radius 1 is 1.21 bits per heavy atom. The molecule has 1 heterocycles. The summed E-state index contributed by atoms with van der Waals surface area (Å²) in [4.78, 5) is 0.272. The Balaban J connectivity index is 0.00000288. The van der Waals surface area contributed by atoms with E-state index in [2.05, 4.69) is 10.0 Å². The summed E-state index contributed by atoms with van der Waals surface area (Å²) < 4.78 is 38.3. The summed E-state index contributed by atoms with van der Waals surface area (Å²) in [6.07, 6.45) is 1.79. The summed E-state index contributed by atoms with van der Waals surface area (Å²) in [6.45, 7) is 3.10. The van der Waals surface area contributed by atoms with Gasteiger partial charge in [0.1, 0.15) is 0 Å². The van der Waals surface area contributed by atoms with Crippen molar-refractivity contribution in [3.05, 3.63) is 29.8 Å². The first kappa shape index (κ1) is 21.3. The Morgan fingerprint density at radius 3 is 2.54 bits per heavy atom. The van der Waals surface area contributed by atoms with E-state index < -0.39 is 10.0 Å². The highest BCUT2D eigenvalue weighted by Gasteiger charge is 2.33. The molecular formula is C16H27ClN2O4S. The first-order valence-electron chi connectivity index (χ1n) is 7.79. The maximum atomic E-state index is 12.6. The standard InChI is InChI=1S/C16H26N2O4S.ClH/c1-21-11-14-4-3-5-15(10-14)23(19,20)18-12-16(13-22-2)6-8-17-9-7-16;/h3-5,10,17-18H,6-9,11-13H2,1-2H3;1H. The predicted octanol–water partition coefficient (Wildman–Crippen LogP) is 1.55. The van der Waals surface area contributed by atoms with E-state index in [1.54, 1.807) is 32.4 Å². The molecule has 0 atom stereocenters. The average molecular weight is 379 g/mol. The lowest BCUT2D eigenvalue weighted by Gasteiger charge is -2.37. The molecule has 0 aromatic heterocycles. The fraction of sp³-hybridized carbons (Fsp3) is 0.625. The van der Waals surface area contributed by atoms with Crippen molar-refractivity contribution in [3.63, 3.8) is 0 Å². The minimum absolute atomic E-state index is 0. The molecule has 0 amide bonds. The molecule has 0 radical (unpaired) electrons. The summed E-state index contributed by atoms with van der Waals surface area (Å²) in [5, 5.41) is 3.30. The predicted molar refractivity (Wildman–Crippen MR) is 96.0 cm³/mol. The van der Waals surface area contributed by atoms with E-state index in [1.165, 1.54) is 0 Å². The number of piperidine rings is 1. The second-order valence-corrected chi connectivity index (χ2v) is 7.85. The Morgan fingerprint density at radius 2 is 1.92 bits per heavy atom. The topological polar surface area (TPSA) is 76.7 Å². The third-order valence-electron chi connectivity index (χ3n) is 4.27. The van der Waals surface area contributed by atoms with Gasteiger partial charge >= 0.3 is 0 Å². The monoisotopic (exact) mass is 378 g/mol. The maximum absolute atomic E-state index is 12.6.